The topological polar surface area (TPSA) is 91.1 Å². The van der Waals surface area contributed by atoms with Crippen molar-refractivity contribution in [2.75, 3.05) is 69.7 Å². The van der Waals surface area contributed by atoms with Crippen molar-refractivity contribution in [3.63, 3.8) is 0 Å². The third kappa shape index (κ3) is 8.51. The van der Waals surface area contributed by atoms with Gasteiger partial charge in [0, 0.05) is 90.0 Å². The van der Waals surface area contributed by atoms with Crippen LogP contribution in [0, 0.1) is 0 Å². The van der Waals surface area contributed by atoms with E-state index in [2.05, 4.69) is 5.32 Å². The molecule has 2 N–H and O–H groups in total. The fourth-order valence-corrected chi connectivity index (χ4v) is 6.62. The molecule has 2 aliphatic carbocycles. The van der Waals surface area contributed by atoms with Gasteiger partial charge in [-0.1, -0.05) is 32.8 Å². The first kappa shape index (κ1) is 21.7. The van der Waals surface area contributed by atoms with E-state index in [1.165, 1.54) is 54.6 Å². The molecule has 0 bridgehead atoms. The Labute approximate surface area is 330 Å². The highest BCUT2D eigenvalue weighted by molar-refractivity contribution is 6.17. The standard InChI is InChI=1S/C42H52ClN3O5/c1-42(2)37-28-31(45-19-6-7-20-45)12-15-34(37)39(35-16-13-32(29-38(35)42)46-21-8-9-22-46)36-27-30(11-14-33(36)41(48)49)40(47)44-18-24-51-26-25-50-23-10-4-3-5-17-43/h11-16,27-29H,3-10,17-26H2,1-2H3,(H-,44,47,48,49)/p+1/i6D2,7D2,8D2,9D2,19D2,20D2,21D2,22D2. The van der Waals surface area contributed by atoms with E-state index in [4.69, 9.17) is 43.0 Å². The average Bonchev–Trinajstić information content (AvgIpc) is 3.35. The van der Waals surface area contributed by atoms with Gasteiger partial charge < -0.3 is 24.8 Å². The molecule has 2 aromatic carbocycles. The Morgan fingerprint density at radius 1 is 0.922 bits per heavy atom. The van der Waals surface area contributed by atoms with Crippen LogP contribution in [0.15, 0.2) is 65.8 Å². The van der Waals surface area contributed by atoms with Crippen molar-refractivity contribution >= 4 is 40.4 Å². The van der Waals surface area contributed by atoms with Gasteiger partial charge in [0.2, 0.25) is 0 Å². The summed E-state index contributed by atoms with van der Waals surface area (Å²) in [5.41, 5.74) is -1.16. The molecule has 272 valence electrons. The number of carboxylic acid groups (broad SMARTS) is 1. The summed E-state index contributed by atoms with van der Waals surface area (Å²) in [5, 5.41) is 13.3. The number of alkyl halides is 1. The zero-order valence-corrected chi connectivity index (χ0v) is 29.4. The molecule has 2 heterocycles. The SMILES string of the molecule is [2H]C1([2H])N(c2ccc3c(c2)C(C)(C)C2=CC(=[N+]4C([2H])([2H])C([2H])([2H])C([2H])([2H])C4([2H])[2H])C=CC2=C3c2cc(C(=O)NCCOCCOCCCCCCCl)ccc2C(=O)O)C([2H])([2H])C([2H])([2H])C1([2H])[2H]. The molecule has 0 saturated carbocycles. The molecule has 2 aliphatic heterocycles. The fourth-order valence-electron chi connectivity index (χ4n) is 6.43. The van der Waals surface area contributed by atoms with Crippen LogP contribution in [0.4, 0.5) is 5.69 Å². The number of aromatic carboxylic acids is 1. The summed E-state index contributed by atoms with van der Waals surface area (Å²) in [7, 11) is 0. The van der Waals surface area contributed by atoms with Crippen LogP contribution < -0.4 is 10.2 Å². The van der Waals surface area contributed by atoms with Crippen LogP contribution in [-0.2, 0) is 14.9 Å². The highest BCUT2D eigenvalue weighted by Crippen LogP contribution is 2.51. The van der Waals surface area contributed by atoms with Crippen LogP contribution in [0.1, 0.15) is 124 Å². The molecule has 0 atom stereocenters. The minimum Gasteiger partial charge on any atom is -0.478 e. The lowest BCUT2D eigenvalue weighted by Gasteiger charge is -2.40. The lowest BCUT2D eigenvalue weighted by Crippen LogP contribution is -2.31. The number of carbonyl (C=O) groups is 2. The number of hydrogen-bond donors (Lipinski definition) is 2. The third-order valence-corrected chi connectivity index (χ3v) is 9.33. The molecule has 0 spiro atoms. The number of carboxylic acids is 1. The second-order valence-corrected chi connectivity index (χ2v) is 13.1. The van der Waals surface area contributed by atoms with E-state index >= 15 is 0 Å². The highest BCUT2D eigenvalue weighted by Gasteiger charge is 2.40. The van der Waals surface area contributed by atoms with Crippen molar-refractivity contribution in [2.45, 2.75) is 70.4 Å². The molecule has 2 saturated heterocycles. The van der Waals surface area contributed by atoms with Gasteiger partial charge in [-0.05, 0) is 95.4 Å². The number of unbranched alkanes of at least 4 members (excludes halogenated alkanes) is 3. The molecule has 8 nitrogen and oxygen atoms in total. The van der Waals surface area contributed by atoms with Crippen molar-refractivity contribution < 1.29 is 50.7 Å². The van der Waals surface area contributed by atoms with Gasteiger partial charge >= 0.3 is 5.97 Å². The highest BCUT2D eigenvalue weighted by atomic mass is 35.5. The van der Waals surface area contributed by atoms with Crippen molar-refractivity contribution in [1.29, 1.82) is 0 Å². The number of nitrogens with one attached hydrogen (secondary N) is 1. The molecule has 0 unspecified atom stereocenters. The van der Waals surface area contributed by atoms with Gasteiger partial charge in [-0.2, -0.15) is 0 Å². The quantitative estimate of drug-likeness (QED) is 0.106. The summed E-state index contributed by atoms with van der Waals surface area (Å²) in [6.07, 6.45) is -5.71. The molecule has 1 amide bonds. The fraction of sp³-hybridized carbons (Fsp3) is 0.500. The smallest absolute Gasteiger partial charge is 0.336 e. The summed E-state index contributed by atoms with van der Waals surface area (Å²) in [5.74, 6) is -1.38. The van der Waals surface area contributed by atoms with Crippen LogP contribution in [0.5, 0.6) is 0 Å². The molecule has 4 aliphatic rings. The maximum absolute atomic E-state index is 13.6. The van der Waals surface area contributed by atoms with Crippen LogP contribution in [0.3, 0.4) is 0 Å². The van der Waals surface area contributed by atoms with E-state index in [9.17, 15) is 14.7 Å². The van der Waals surface area contributed by atoms with E-state index in [-0.39, 0.29) is 75.7 Å². The van der Waals surface area contributed by atoms with Crippen LogP contribution in [-0.4, -0.2) is 92.1 Å². The van der Waals surface area contributed by atoms with E-state index in [1.807, 2.05) is 0 Å². The Morgan fingerprint density at radius 2 is 1.67 bits per heavy atom. The lowest BCUT2D eigenvalue weighted by atomic mass is 9.64. The minimum absolute atomic E-state index is 0.0197. The monoisotopic (exact) mass is 730 g/mol. The number of carbonyl (C=O) groups excluding carboxylic acids is 1. The van der Waals surface area contributed by atoms with Gasteiger partial charge in [0.1, 0.15) is 18.5 Å². The lowest BCUT2D eigenvalue weighted by molar-refractivity contribution is -0.504. The number of nitrogens with zero attached hydrogens (tertiary/aromatic N) is 2. The van der Waals surface area contributed by atoms with E-state index in [1.54, 1.807) is 13.8 Å². The first-order valence-corrected chi connectivity index (χ1v) is 17.5. The number of halogens is 1. The Kier molecular flexibility index (Phi) is 7.32. The van der Waals surface area contributed by atoms with E-state index in [0.29, 0.717) is 28.6 Å². The van der Waals surface area contributed by atoms with Gasteiger partial charge in [-0.25, -0.2) is 9.37 Å². The maximum Gasteiger partial charge on any atom is 0.336 e. The zero-order valence-electron chi connectivity index (χ0n) is 44.6. The normalized spacial score (nSPS) is 30.4. The maximum atomic E-state index is 13.6. The summed E-state index contributed by atoms with van der Waals surface area (Å²) in [6.45, 7) is -8.40. The van der Waals surface area contributed by atoms with Gasteiger partial charge in [-0.15, -0.1) is 11.6 Å². The van der Waals surface area contributed by atoms with Gasteiger partial charge in [-0.3, -0.25) is 4.79 Å². The average molecular weight is 731 g/mol. The Morgan fingerprint density at radius 3 is 2.41 bits per heavy atom. The molecule has 0 radical (unpaired) electrons. The third-order valence-electron chi connectivity index (χ3n) is 9.06. The molecular weight excluding hydrogens is 662 g/mol. The Balaban J connectivity index is 1.47. The number of anilines is 1. The first-order chi connectivity index (χ1) is 30.8. The molecule has 2 fully saturated rings. The number of hydrogen-bond acceptors (Lipinski definition) is 5. The van der Waals surface area contributed by atoms with Crippen molar-refractivity contribution in [1.82, 2.24) is 5.32 Å². The predicted octanol–water partition coefficient (Wildman–Crippen LogP) is 7.38. The Bertz CT molecular complexity index is 2400. The van der Waals surface area contributed by atoms with Crippen LogP contribution >= 0.6 is 11.6 Å². The second-order valence-electron chi connectivity index (χ2n) is 12.7. The van der Waals surface area contributed by atoms with E-state index < -0.39 is 68.8 Å². The summed E-state index contributed by atoms with van der Waals surface area (Å²) in [4.78, 5) is 27.0. The van der Waals surface area contributed by atoms with Gasteiger partial charge in [0.25, 0.3) is 5.91 Å². The summed E-state index contributed by atoms with van der Waals surface area (Å²) >= 11 is 5.70. The van der Waals surface area contributed by atoms with Gasteiger partial charge in [0.15, 0.2) is 5.71 Å². The second kappa shape index (κ2) is 17.2. The molecule has 9 heteroatoms. The van der Waals surface area contributed by atoms with Crippen LogP contribution in [0.2, 0.25) is 0 Å². The molecular formula is C42H53ClN3O5+. The summed E-state index contributed by atoms with van der Waals surface area (Å²) in [6, 6.07) is 7.82. The number of rotatable bonds is 16. The minimum atomic E-state index is -3.39. The number of fused-ring (bicyclic) bond motifs is 2. The largest absolute Gasteiger partial charge is 0.478 e. The zero-order chi connectivity index (χ0) is 50.1. The van der Waals surface area contributed by atoms with Gasteiger partial charge in [0.05, 0.1) is 25.4 Å². The molecule has 51 heavy (non-hydrogen) atoms. The summed E-state index contributed by atoms with van der Waals surface area (Å²) < 4.78 is 149. The number of amides is 1. The Hall–Kier alpha value is -3.72. The van der Waals surface area contributed by atoms with Crippen molar-refractivity contribution in [3.8, 4) is 0 Å². The van der Waals surface area contributed by atoms with Crippen molar-refractivity contribution in [3.05, 3.63) is 93.6 Å². The number of ether oxygens (including phenoxy) is 2. The van der Waals surface area contributed by atoms with Crippen LogP contribution in [0.25, 0.3) is 5.57 Å². The number of benzene rings is 2. The first-order valence-electron chi connectivity index (χ1n) is 25.0. The number of allylic oxidation sites excluding steroid dienone is 5. The molecule has 0 aromatic heterocycles. The van der Waals surface area contributed by atoms with Crippen molar-refractivity contribution in [2.24, 2.45) is 0 Å². The molecule has 6 rings (SSSR count). The van der Waals surface area contributed by atoms with E-state index in [0.717, 1.165) is 25.7 Å². The molecule has 2 aromatic rings. The predicted molar refractivity (Wildman–Crippen MR) is 205 cm³/mol.